The van der Waals surface area contributed by atoms with E-state index in [1.54, 1.807) is 53.4 Å². The van der Waals surface area contributed by atoms with Crippen LogP contribution in [0, 0.1) is 0 Å². The first-order chi connectivity index (χ1) is 20.4. The number of rotatable bonds is 10. The molecule has 0 saturated heterocycles. The molecule has 0 aliphatic heterocycles. The predicted molar refractivity (Wildman–Crippen MR) is 173 cm³/mol. The number of carbonyl (C=O) groups excluding carboxylic acids is 3. The minimum absolute atomic E-state index is 0.114. The SMILES string of the molecule is CC(NC(=O)OC(C)(C)C)c1cccc(C(=O)N(C)C(Cc2ccc3ccccc3c2)C(=O)N(C)CCc2cccs2)c1. The van der Waals surface area contributed by atoms with Crippen LogP contribution in [0.25, 0.3) is 10.8 Å². The summed E-state index contributed by atoms with van der Waals surface area (Å²) in [5, 5.41) is 7.07. The molecule has 0 bridgehead atoms. The molecule has 4 rings (SSSR count). The molecular formula is C35H41N3O4S. The van der Waals surface area contributed by atoms with E-state index < -0.39 is 17.7 Å². The number of nitrogens with zero attached hydrogens (tertiary/aromatic N) is 2. The molecule has 0 spiro atoms. The van der Waals surface area contributed by atoms with Gasteiger partial charge in [-0.2, -0.15) is 0 Å². The minimum atomic E-state index is -0.706. The summed E-state index contributed by atoms with van der Waals surface area (Å²) in [6.45, 7) is 7.82. The molecule has 2 atom stereocenters. The highest BCUT2D eigenvalue weighted by Crippen LogP contribution is 2.22. The average Bonchev–Trinajstić information content (AvgIpc) is 3.50. The zero-order valence-corrected chi connectivity index (χ0v) is 26.6. The van der Waals surface area contributed by atoms with Gasteiger partial charge in [0.25, 0.3) is 5.91 Å². The fourth-order valence-corrected chi connectivity index (χ4v) is 5.63. The lowest BCUT2D eigenvalue weighted by Gasteiger charge is -2.31. The third-order valence-electron chi connectivity index (χ3n) is 7.33. The summed E-state index contributed by atoms with van der Waals surface area (Å²) in [6.07, 6.45) is 0.608. The summed E-state index contributed by atoms with van der Waals surface area (Å²) in [5.74, 6) is -0.381. The lowest BCUT2D eigenvalue weighted by molar-refractivity contribution is -0.134. The van der Waals surface area contributed by atoms with Crippen molar-refractivity contribution < 1.29 is 19.1 Å². The van der Waals surface area contributed by atoms with Crippen LogP contribution in [-0.2, 0) is 22.4 Å². The maximum Gasteiger partial charge on any atom is 0.408 e. The molecular weight excluding hydrogens is 558 g/mol. The maximum absolute atomic E-state index is 13.9. The molecule has 1 heterocycles. The molecule has 0 saturated carbocycles. The zero-order valence-electron chi connectivity index (χ0n) is 25.8. The van der Waals surface area contributed by atoms with Crippen LogP contribution in [0.2, 0.25) is 0 Å². The Bertz CT molecular complexity index is 1560. The highest BCUT2D eigenvalue weighted by atomic mass is 32.1. The van der Waals surface area contributed by atoms with E-state index >= 15 is 0 Å². The van der Waals surface area contributed by atoms with Gasteiger partial charge in [-0.15, -0.1) is 11.3 Å². The number of alkyl carbamates (subject to hydrolysis) is 1. The Balaban J connectivity index is 1.56. The molecule has 2 unspecified atom stereocenters. The molecule has 8 heteroatoms. The molecule has 0 aliphatic rings. The first kappa shape index (κ1) is 31.8. The second-order valence-corrected chi connectivity index (χ2v) is 12.9. The van der Waals surface area contributed by atoms with Gasteiger partial charge in [0.1, 0.15) is 11.6 Å². The van der Waals surface area contributed by atoms with Gasteiger partial charge >= 0.3 is 6.09 Å². The quantitative estimate of drug-likeness (QED) is 0.216. The second kappa shape index (κ2) is 13.9. The molecule has 0 aliphatic carbocycles. The highest BCUT2D eigenvalue weighted by Gasteiger charge is 2.30. The van der Waals surface area contributed by atoms with Crippen LogP contribution >= 0.6 is 11.3 Å². The first-order valence-electron chi connectivity index (χ1n) is 14.5. The summed E-state index contributed by atoms with van der Waals surface area (Å²) >= 11 is 1.67. The van der Waals surface area contributed by atoms with Crippen LogP contribution in [0.4, 0.5) is 4.79 Å². The van der Waals surface area contributed by atoms with Crippen molar-refractivity contribution in [1.29, 1.82) is 0 Å². The van der Waals surface area contributed by atoms with Crippen molar-refractivity contribution in [3.05, 3.63) is 106 Å². The van der Waals surface area contributed by atoms with Crippen molar-refractivity contribution in [2.75, 3.05) is 20.6 Å². The van der Waals surface area contributed by atoms with Gasteiger partial charge in [0.2, 0.25) is 5.91 Å². The number of thiophene rings is 1. The highest BCUT2D eigenvalue weighted by molar-refractivity contribution is 7.09. The Morgan fingerprint density at radius 1 is 0.907 bits per heavy atom. The number of fused-ring (bicyclic) bond motifs is 1. The Labute approximate surface area is 258 Å². The van der Waals surface area contributed by atoms with E-state index in [9.17, 15) is 14.4 Å². The Hall–Kier alpha value is -4.17. The minimum Gasteiger partial charge on any atom is -0.444 e. The topological polar surface area (TPSA) is 79.0 Å². The number of amides is 3. The normalized spacial score (nSPS) is 12.8. The molecule has 3 aromatic carbocycles. The van der Waals surface area contributed by atoms with Gasteiger partial charge in [0.15, 0.2) is 0 Å². The van der Waals surface area contributed by atoms with Crippen molar-refractivity contribution in [1.82, 2.24) is 15.1 Å². The summed E-state index contributed by atoms with van der Waals surface area (Å²) < 4.78 is 5.39. The van der Waals surface area contributed by atoms with Crippen LogP contribution in [0.3, 0.4) is 0 Å². The largest absolute Gasteiger partial charge is 0.444 e. The lowest BCUT2D eigenvalue weighted by Crippen LogP contribution is -2.49. The number of benzene rings is 3. The molecule has 7 nitrogen and oxygen atoms in total. The molecule has 3 amide bonds. The number of likely N-dealkylation sites (N-methyl/N-ethyl adjacent to an activating group) is 2. The fourth-order valence-electron chi connectivity index (χ4n) is 4.93. The third kappa shape index (κ3) is 8.67. The van der Waals surface area contributed by atoms with Crippen LogP contribution in [-0.4, -0.2) is 60.0 Å². The second-order valence-electron chi connectivity index (χ2n) is 11.9. The van der Waals surface area contributed by atoms with Gasteiger partial charge in [0, 0.05) is 37.5 Å². The predicted octanol–water partition coefficient (Wildman–Crippen LogP) is 6.87. The van der Waals surface area contributed by atoms with E-state index in [0.29, 0.717) is 18.5 Å². The number of ether oxygens (including phenoxy) is 1. The van der Waals surface area contributed by atoms with E-state index in [1.807, 2.05) is 63.4 Å². The van der Waals surface area contributed by atoms with Gasteiger partial charge < -0.3 is 19.9 Å². The Kier molecular flexibility index (Phi) is 10.2. The number of hydrogen-bond acceptors (Lipinski definition) is 5. The molecule has 0 radical (unpaired) electrons. The smallest absolute Gasteiger partial charge is 0.408 e. The van der Waals surface area contributed by atoms with Crippen molar-refractivity contribution in [3.8, 4) is 0 Å². The molecule has 226 valence electrons. The molecule has 4 aromatic rings. The molecule has 1 N–H and O–H groups in total. The first-order valence-corrected chi connectivity index (χ1v) is 15.4. The van der Waals surface area contributed by atoms with Crippen LogP contribution in [0.5, 0.6) is 0 Å². The van der Waals surface area contributed by atoms with Gasteiger partial charge in [-0.25, -0.2) is 4.79 Å². The van der Waals surface area contributed by atoms with E-state index in [0.717, 1.165) is 28.3 Å². The van der Waals surface area contributed by atoms with Gasteiger partial charge in [-0.05, 0) is 79.6 Å². The van der Waals surface area contributed by atoms with Crippen molar-refractivity contribution in [3.63, 3.8) is 0 Å². The number of carbonyl (C=O) groups is 3. The van der Waals surface area contributed by atoms with Crippen molar-refractivity contribution >= 4 is 40.0 Å². The van der Waals surface area contributed by atoms with Crippen LogP contribution < -0.4 is 5.32 Å². The van der Waals surface area contributed by atoms with Crippen molar-refractivity contribution in [2.45, 2.75) is 58.2 Å². The molecule has 1 aromatic heterocycles. The monoisotopic (exact) mass is 599 g/mol. The van der Waals surface area contributed by atoms with E-state index in [1.165, 1.54) is 4.88 Å². The summed E-state index contributed by atoms with van der Waals surface area (Å²) in [7, 11) is 3.49. The third-order valence-corrected chi connectivity index (χ3v) is 8.27. The maximum atomic E-state index is 13.9. The molecule has 0 fully saturated rings. The van der Waals surface area contributed by atoms with E-state index in [4.69, 9.17) is 4.74 Å². The summed E-state index contributed by atoms with van der Waals surface area (Å²) in [4.78, 5) is 44.6. The summed E-state index contributed by atoms with van der Waals surface area (Å²) in [6, 6.07) is 24.4. The van der Waals surface area contributed by atoms with Gasteiger partial charge in [-0.1, -0.05) is 60.7 Å². The molecule has 43 heavy (non-hydrogen) atoms. The lowest BCUT2D eigenvalue weighted by atomic mass is 9.99. The fraction of sp³-hybridized carbons (Fsp3) is 0.343. The Morgan fingerprint density at radius 3 is 2.35 bits per heavy atom. The number of hydrogen-bond donors (Lipinski definition) is 1. The van der Waals surface area contributed by atoms with E-state index in [2.05, 4.69) is 35.6 Å². The van der Waals surface area contributed by atoms with Gasteiger partial charge in [0.05, 0.1) is 6.04 Å². The van der Waals surface area contributed by atoms with Crippen molar-refractivity contribution in [2.24, 2.45) is 0 Å². The van der Waals surface area contributed by atoms with Crippen LogP contribution in [0.15, 0.2) is 84.2 Å². The average molecular weight is 600 g/mol. The number of nitrogens with one attached hydrogen (secondary N) is 1. The van der Waals surface area contributed by atoms with Crippen LogP contribution in [0.1, 0.15) is 60.1 Å². The van der Waals surface area contributed by atoms with E-state index in [-0.39, 0.29) is 17.9 Å². The zero-order chi connectivity index (χ0) is 31.1. The van der Waals surface area contributed by atoms with Gasteiger partial charge in [-0.3, -0.25) is 9.59 Å². The Morgan fingerprint density at radius 2 is 1.65 bits per heavy atom. The summed E-state index contributed by atoms with van der Waals surface area (Å²) in [5.41, 5.74) is 1.56. The standard InChI is InChI=1S/C35H41N3O4S/c1-24(36-34(41)42-35(2,3)4)27-13-9-14-29(23-27)32(39)38(6)31(33(40)37(5)19-18-30-15-10-20-43-30)22-25-16-17-26-11-7-8-12-28(26)21-25/h7-17,20-21,23-24,31H,18-19,22H2,1-6H3,(H,36,41).